The number of hydrogen-bond acceptors (Lipinski definition) is 11. The average molecular weight is 602 g/mol. The van der Waals surface area contributed by atoms with Crippen molar-refractivity contribution in [3.63, 3.8) is 0 Å². The monoisotopic (exact) mass is 601 g/mol. The van der Waals surface area contributed by atoms with Crippen molar-refractivity contribution in [2.45, 2.75) is 6.42 Å². The van der Waals surface area contributed by atoms with Crippen LogP contribution in [0, 0.1) is 0 Å². The van der Waals surface area contributed by atoms with Crippen molar-refractivity contribution in [3.05, 3.63) is 65.5 Å². The Kier molecular flexibility index (Phi) is 8.67. The van der Waals surface area contributed by atoms with E-state index in [1.165, 1.54) is 11.3 Å². The van der Waals surface area contributed by atoms with E-state index in [4.69, 9.17) is 34.4 Å². The van der Waals surface area contributed by atoms with Crippen LogP contribution in [-0.4, -0.2) is 51.4 Å². The number of nitrogens with zero attached hydrogens (tertiary/aromatic N) is 2. The predicted molar refractivity (Wildman–Crippen MR) is 169 cm³/mol. The van der Waals surface area contributed by atoms with Gasteiger partial charge in [0.25, 0.3) is 0 Å². The molecule has 0 aliphatic carbocycles. The number of ether oxygens (including phenoxy) is 5. The maximum absolute atomic E-state index is 12.9. The minimum absolute atomic E-state index is 0.164. The van der Waals surface area contributed by atoms with Gasteiger partial charge in [-0.15, -0.1) is 11.3 Å². The van der Waals surface area contributed by atoms with Crippen molar-refractivity contribution in [1.82, 2.24) is 9.97 Å². The molecule has 4 N–H and O–H groups in total. The fourth-order valence-electron chi connectivity index (χ4n) is 4.63. The maximum Gasteiger partial charge on any atom is 0.229 e. The smallest absolute Gasteiger partial charge is 0.229 e. The molecule has 0 aliphatic heterocycles. The fourth-order valence-corrected chi connectivity index (χ4v) is 5.55. The van der Waals surface area contributed by atoms with Crippen molar-refractivity contribution in [3.8, 4) is 39.9 Å². The van der Waals surface area contributed by atoms with E-state index in [1.807, 2.05) is 35.7 Å². The third-order valence-electron chi connectivity index (χ3n) is 6.63. The molecule has 43 heavy (non-hydrogen) atoms. The van der Waals surface area contributed by atoms with Gasteiger partial charge < -0.3 is 40.1 Å². The molecule has 2 aromatic heterocycles. The summed E-state index contributed by atoms with van der Waals surface area (Å²) < 4.78 is 27.7. The van der Waals surface area contributed by atoms with Crippen LogP contribution in [0.25, 0.3) is 21.3 Å². The van der Waals surface area contributed by atoms with Gasteiger partial charge >= 0.3 is 0 Å². The minimum atomic E-state index is -0.164. The summed E-state index contributed by atoms with van der Waals surface area (Å²) >= 11 is 1.45. The van der Waals surface area contributed by atoms with E-state index in [0.717, 1.165) is 21.4 Å². The van der Waals surface area contributed by atoms with Gasteiger partial charge in [0, 0.05) is 34.5 Å². The van der Waals surface area contributed by atoms with Gasteiger partial charge in [-0.2, -0.15) is 4.98 Å². The molecule has 5 rings (SSSR count). The lowest BCUT2D eigenvalue weighted by Crippen LogP contribution is -2.14. The fraction of sp³-hybridized carbons (Fsp3) is 0.194. The molecule has 0 saturated carbocycles. The Balaban J connectivity index is 1.40. The summed E-state index contributed by atoms with van der Waals surface area (Å²) in [5.74, 6) is 3.10. The van der Waals surface area contributed by atoms with E-state index in [-0.39, 0.29) is 12.3 Å². The summed E-state index contributed by atoms with van der Waals surface area (Å²) in [5, 5.41) is 8.15. The first-order chi connectivity index (χ1) is 20.9. The van der Waals surface area contributed by atoms with Crippen molar-refractivity contribution < 1.29 is 28.5 Å². The Morgan fingerprint density at radius 1 is 0.814 bits per heavy atom. The molecule has 11 nitrogen and oxygen atoms in total. The zero-order chi connectivity index (χ0) is 30.5. The second-order valence-corrected chi connectivity index (χ2v) is 10.2. The number of nitrogens with two attached hydrogens (primary N) is 1. The van der Waals surface area contributed by atoms with Crippen LogP contribution >= 0.6 is 11.3 Å². The third kappa shape index (κ3) is 6.19. The predicted octanol–water partition coefficient (Wildman–Crippen LogP) is 5.91. The number of fused-ring (bicyclic) bond motifs is 1. The molecular weight excluding hydrogens is 570 g/mol. The molecule has 0 fully saturated rings. The number of amides is 1. The van der Waals surface area contributed by atoms with Gasteiger partial charge in [-0.05, 0) is 35.4 Å². The van der Waals surface area contributed by atoms with E-state index in [1.54, 1.807) is 59.8 Å². The van der Waals surface area contributed by atoms with E-state index in [9.17, 15) is 4.79 Å². The van der Waals surface area contributed by atoms with Crippen molar-refractivity contribution in [2.24, 2.45) is 0 Å². The van der Waals surface area contributed by atoms with Crippen LogP contribution in [0.15, 0.2) is 60.0 Å². The van der Waals surface area contributed by atoms with Crippen LogP contribution in [0.4, 0.5) is 23.1 Å². The largest absolute Gasteiger partial charge is 0.493 e. The first-order valence-electron chi connectivity index (χ1n) is 13.1. The second kappa shape index (κ2) is 12.7. The number of benzene rings is 3. The molecule has 0 radical (unpaired) electrons. The first-order valence-corrected chi connectivity index (χ1v) is 14.0. The Labute approximate surface area is 252 Å². The Hall–Kier alpha value is -5.23. The number of carbonyl (C=O) groups is 1. The number of hydrogen-bond donors (Lipinski definition) is 3. The molecule has 2 heterocycles. The molecule has 222 valence electrons. The lowest BCUT2D eigenvalue weighted by Gasteiger charge is -2.15. The van der Waals surface area contributed by atoms with E-state index < -0.39 is 0 Å². The number of methoxy groups -OCH3 is 5. The van der Waals surface area contributed by atoms with Gasteiger partial charge in [-0.1, -0.05) is 18.2 Å². The molecule has 0 bridgehead atoms. The van der Waals surface area contributed by atoms with E-state index in [0.29, 0.717) is 57.4 Å². The highest BCUT2D eigenvalue weighted by Gasteiger charge is 2.17. The Morgan fingerprint density at radius 3 is 2.21 bits per heavy atom. The summed E-state index contributed by atoms with van der Waals surface area (Å²) in [7, 11) is 7.77. The zero-order valence-electron chi connectivity index (χ0n) is 24.3. The van der Waals surface area contributed by atoms with Gasteiger partial charge in [0.1, 0.15) is 5.82 Å². The molecule has 0 atom stereocenters. The number of thiophene rings is 1. The third-order valence-corrected chi connectivity index (χ3v) is 7.62. The molecule has 0 unspecified atom stereocenters. The number of aromatic nitrogens is 2. The Bertz CT molecular complexity index is 1770. The summed E-state index contributed by atoms with van der Waals surface area (Å²) in [6.45, 7) is 0. The summed E-state index contributed by atoms with van der Waals surface area (Å²) in [4.78, 5) is 22.1. The van der Waals surface area contributed by atoms with Gasteiger partial charge in [0.15, 0.2) is 23.0 Å². The van der Waals surface area contributed by atoms with Gasteiger partial charge in [0.2, 0.25) is 17.6 Å². The highest BCUT2D eigenvalue weighted by atomic mass is 32.1. The quantitative estimate of drug-likeness (QED) is 0.167. The summed E-state index contributed by atoms with van der Waals surface area (Å²) in [6, 6.07) is 16.5. The highest BCUT2D eigenvalue weighted by molar-refractivity contribution is 7.18. The van der Waals surface area contributed by atoms with Gasteiger partial charge in [-0.3, -0.25) is 4.79 Å². The number of carbonyl (C=O) groups excluding carboxylic acids is 1. The molecular formula is C31H31N5O6S. The molecule has 0 saturated heterocycles. The highest BCUT2D eigenvalue weighted by Crippen LogP contribution is 2.41. The van der Waals surface area contributed by atoms with Crippen molar-refractivity contribution >= 4 is 50.6 Å². The van der Waals surface area contributed by atoms with Crippen LogP contribution in [0.2, 0.25) is 0 Å². The molecule has 5 aromatic rings. The van der Waals surface area contributed by atoms with Gasteiger partial charge in [-0.25, -0.2) is 4.98 Å². The van der Waals surface area contributed by atoms with Crippen LogP contribution in [0.5, 0.6) is 28.7 Å². The van der Waals surface area contributed by atoms with E-state index >= 15 is 0 Å². The molecule has 12 heteroatoms. The van der Waals surface area contributed by atoms with Crippen LogP contribution < -0.4 is 40.1 Å². The maximum atomic E-state index is 12.9. The van der Waals surface area contributed by atoms with E-state index in [2.05, 4.69) is 15.6 Å². The van der Waals surface area contributed by atoms with Crippen LogP contribution in [-0.2, 0) is 11.2 Å². The minimum Gasteiger partial charge on any atom is -0.493 e. The number of anilines is 4. The zero-order valence-corrected chi connectivity index (χ0v) is 25.1. The standard InChI is InChI=1S/C31H31N5O6S/c1-38-22-10-9-17(11-23(22)39-2)12-26(37)33-19-8-6-7-18(13-19)21-16-43-29-27(21)35-31(36-30(29)32)34-20-14-24(40-3)28(42-5)25(15-20)41-4/h6-11,13-16H,12H2,1-5H3,(H,33,37)(H3,32,34,35,36). The Morgan fingerprint density at radius 2 is 1.53 bits per heavy atom. The number of rotatable bonds is 11. The summed E-state index contributed by atoms with van der Waals surface area (Å²) in [5.41, 5.74) is 10.8. The second-order valence-electron chi connectivity index (χ2n) is 9.29. The lowest BCUT2D eigenvalue weighted by atomic mass is 10.1. The van der Waals surface area contributed by atoms with Crippen molar-refractivity contribution in [1.29, 1.82) is 0 Å². The SMILES string of the molecule is COc1ccc(CC(=O)Nc2cccc(-c3csc4c(N)nc(Nc5cc(OC)c(OC)c(OC)c5)nc34)c2)cc1OC. The molecule has 0 spiro atoms. The van der Waals surface area contributed by atoms with Crippen molar-refractivity contribution in [2.75, 3.05) is 51.9 Å². The normalized spacial score (nSPS) is 10.7. The lowest BCUT2D eigenvalue weighted by molar-refractivity contribution is -0.115. The topological polar surface area (TPSA) is 139 Å². The van der Waals surface area contributed by atoms with Crippen LogP contribution in [0.1, 0.15) is 5.56 Å². The number of nitrogens with one attached hydrogen (secondary N) is 2. The molecule has 1 amide bonds. The number of nitrogen functional groups attached to an aromatic ring is 1. The average Bonchev–Trinajstić information content (AvgIpc) is 3.45. The van der Waals surface area contributed by atoms with Gasteiger partial charge in [0.05, 0.1) is 52.2 Å². The molecule has 0 aliphatic rings. The summed E-state index contributed by atoms with van der Waals surface area (Å²) in [6.07, 6.45) is 0.172. The first kappa shape index (κ1) is 29.3. The molecule has 3 aromatic carbocycles. The van der Waals surface area contributed by atoms with Crippen LogP contribution in [0.3, 0.4) is 0 Å².